The van der Waals surface area contributed by atoms with Crippen LogP contribution in [-0.4, -0.2) is 22.5 Å². The van der Waals surface area contributed by atoms with Gasteiger partial charge in [0.25, 0.3) is 0 Å². The molecule has 0 amide bonds. The van der Waals surface area contributed by atoms with Gasteiger partial charge in [0.15, 0.2) is 0 Å². The van der Waals surface area contributed by atoms with E-state index in [9.17, 15) is 4.79 Å². The first-order valence-corrected chi connectivity index (χ1v) is 12.6. The van der Waals surface area contributed by atoms with Gasteiger partial charge in [-0.2, -0.15) is 0 Å². The third-order valence-electron chi connectivity index (χ3n) is 6.43. The van der Waals surface area contributed by atoms with Crippen LogP contribution in [0.2, 0.25) is 0 Å². The highest BCUT2D eigenvalue weighted by Gasteiger charge is 2.15. The van der Waals surface area contributed by atoms with Crippen molar-refractivity contribution in [3.05, 3.63) is 120 Å². The maximum atomic E-state index is 12.1. The van der Waals surface area contributed by atoms with E-state index >= 15 is 0 Å². The number of carbonyl (C=O) groups excluding carboxylic acids is 1. The molecular weight excluding hydrogens is 460 g/mol. The standard InChI is InChI=1S/C32H30N2O3/c1-2-36-32(35)15-14-29-30(25-8-4-3-5-9-25)21-34-31(29)18-23-10-11-27-19-28(13-12-26(27)17-23)37-22-24-7-6-16-33-20-24/h3-13,16-17,19-21,34H,2,14-15,18,22H2,1H3. The fourth-order valence-electron chi connectivity index (χ4n) is 4.60. The molecule has 5 heteroatoms. The molecule has 0 aliphatic rings. The van der Waals surface area contributed by atoms with Crippen LogP contribution in [0.25, 0.3) is 21.9 Å². The third kappa shape index (κ3) is 6.07. The van der Waals surface area contributed by atoms with Gasteiger partial charge in [0, 0.05) is 48.3 Å². The maximum Gasteiger partial charge on any atom is 0.306 e. The monoisotopic (exact) mass is 490 g/mol. The van der Waals surface area contributed by atoms with Crippen LogP contribution in [0.3, 0.4) is 0 Å². The van der Waals surface area contributed by atoms with Crippen LogP contribution >= 0.6 is 0 Å². The van der Waals surface area contributed by atoms with Crippen molar-refractivity contribution in [1.82, 2.24) is 9.97 Å². The average Bonchev–Trinajstić information content (AvgIpc) is 3.34. The van der Waals surface area contributed by atoms with Crippen LogP contribution in [0.5, 0.6) is 5.75 Å². The van der Waals surface area contributed by atoms with E-state index in [-0.39, 0.29) is 5.97 Å². The molecule has 0 atom stereocenters. The summed E-state index contributed by atoms with van der Waals surface area (Å²) >= 11 is 0. The molecule has 186 valence electrons. The summed E-state index contributed by atoms with van der Waals surface area (Å²) in [5.41, 5.74) is 6.81. The lowest BCUT2D eigenvalue weighted by Gasteiger charge is -2.10. The number of H-pyrrole nitrogens is 1. The summed E-state index contributed by atoms with van der Waals surface area (Å²) in [5, 5.41) is 2.29. The van der Waals surface area contributed by atoms with Crippen molar-refractivity contribution >= 4 is 16.7 Å². The molecule has 3 aromatic carbocycles. The summed E-state index contributed by atoms with van der Waals surface area (Å²) in [6.07, 6.45) is 7.37. The fraction of sp³-hybridized carbons (Fsp3) is 0.188. The Labute approximate surface area is 217 Å². The Morgan fingerprint density at radius 1 is 0.919 bits per heavy atom. The summed E-state index contributed by atoms with van der Waals surface area (Å²) in [6.45, 7) is 2.73. The number of ether oxygens (including phenoxy) is 2. The number of pyridine rings is 1. The molecule has 0 saturated heterocycles. The molecule has 0 radical (unpaired) electrons. The van der Waals surface area contributed by atoms with Gasteiger partial charge in [0.2, 0.25) is 0 Å². The smallest absolute Gasteiger partial charge is 0.306 e. The molecule has 0 aliphatic carbocycles. The Morgan fingerprint density at radius 3 is 2.57 bits per heavy atom. The predicted molar refractivity (Wildman–Crippen MR) is 147 cm³/mol. The summed E-state index contributed by atoms with van der Waals surface area (Å²) < 4.78 is 11.1. The Hall–Kier alpha value is -4.38. The molecule has 5 aromatic rings. The van der Waals surface area contributed by atoms with Gasteiger partial charge in [-0.1, -0.05) is 60.7 Å². The summed E-state index contributed by atoms with van der Waals surface area (Å²) in [4.78, 5) is 19.7. The molecule has 0 unspecified atom stereocenters. The maximum absolute atomic E-state index is 12.1. The van der Waals surface area contributed by atoms with Crippen LogP contribution < -0.4 is 4.74 Å². The molecule has 0 bridgehead atoms. The number of hydrogen-bond donors (Lipinski definition) is 1. The van der Waals surface area contributed by atoms with E-state index in [1.54, 1.807) is 6.20 Å². The van der Waals surface area contributed by atoms with Gasteiger partial charge in [-0.3, -0.25) is 9.78 Å². The lowest BCUT2D eigenvalue weighted by atomic mass is 9.96. The fourth-order valence-corrected chi connectivity index (χ4v) is 4.60. The Morgan fingerprint density at radius 2 is 1.76 bits per heavy atom. The number of benzene rings is 3. The average molecular weight is 491 g/mol. The number of esters is 1. The van der Waals surface area contributed by atoms with Gasteiger partial charge in [-0.25, -0.2) is 0 Å². The molecular formula is C32H30N2O3. The van der Waals surface area contributed by atoms with Gasteiger partial charge in [-0.15, -0.1) is 0 Å². The van der Waals surface area contributed by atoms with Crippen molar-refractivity contribution in [1.29, 1.82) is 0 Å². The highest BCUT2D eigenvalue weighted by Crippen LogP contribution is 2.30. The van der Waals surface area contributed by atoms with E-state index < -0.39 is 0 Å². The quantitative estimate of drug-likeness (QED) is 0.216. The predicted octanol–water partition coefficient (Wildman–Crippen LogP) is 6.90. The molecule has 5 nitrogen and oxygen atoms in total. The lowest BCUT2D eigenvalue weighted by molar-refractivity contribution is -0.143. The van der Waals surface area contributed by atoms with Crippen LogP contribution in [0.1, 0.15) is 35.7 Å². The minimum Gasteiger partial charge on any atom is -0.489 e. The van der Waals surface area contributed by atoms with E-state index in [0.29, 0.717) is 26.1 Å². The van der Waals surface area contributed by atoms with Crippen molar-refractivity contribution in [2.24, 2.45) is 0 Å². The molecule has 0 fully saturated rings. The van der Waals surface area contributed by atoms with Crippen LogP contribution in [0, 0.1) is 0 Å². The van der Waals surface area contributed by atoms with Crippen LogP contribution in [-0.2, 0) is 29.0 Å². The topological polar surface area (TPSA) is 64.2 Å². The number of rotatable bonds is 10. The highest BCUT2D eigenvalue weighted by molar-refractivity contribution is 5.84. The van der Waals surface area contributed by atoms with Gasteiger partial charge < -0.3 is 14.5 Å². The summed E-state index contributed by atoms with van der Waals surface area (Å²) in [5.74, 6) is 0.670. The Balaban J connectivity index is 1.35. The molecule has 2 aromatic heterocycles. The van der Waals surface area contributed by atoms with Crippen molar-refractivity contribution in [2.45, 2.75) is 32.8 Å². The number of nitrogens with zero attached hydrogens (tertiary/aromatic N) is 1. The Kier molecular flexibility index (Phi) is 7.60. The van der Waals surface area contributed by atoms with Gasteiger partial charge in [-0.05, 0) is 59.0 Å². The Bertz CT molecular complexity index is 1480. The largest absolute Gasteiger partial charge is 0.489 e. The summed E-state index contributed by atoms with van der Waals surface area (Å²) in [7, 11) is 0. The molecule has 37 heavy (non-hydrogen) atoms. The number of fused-ring (bicyclic) bond motifs is 1. The van der Waals surface area contributed by atoms with Gasteiger partial charge in [0.1, 0.15) is 12.4 Å². The molecule has 1 N–H and O–H groups in total. The summed E-state index contributed by atoms with van der Waals surface area (Å²) in [6, 6.07) is 26.9. The lowest BCUT2D eigenvalue weighted by Crippen LogP contribution is -2.06. The van der Waals surface area contributed by atoms with E-state index in [1.165, 1.54) is 11.1 Å². The van der Waals surface area contributed by atoms with E-state index in [4.69, 9.17) is 9.47 Å². The number of nitrogens with one attached hydrogen (secondary N) is 1. The molecule has 0 aliphatic heterocycles. The van der Waals surface area contributed by atoms with Crippen molar-refractivity contribution < 1.29 is 14.3 Å². The first kappa shape index (κ1) is 24.3. The molecule has 0 saturated carbocycles. The zero-order chi connectivity index (χ0) is 25.5. The second-order valence-electron chi connectivity index (χ2n) is 9.00. The van der Waals surface area contributed by atoms with Crippen molar-refractivity contribution in [3.63, 3.8) is 0 Å². The van der Waals surface area contributed by atoms with Gasteiger partial charge >= 0.3 is 5.97 Å². The molecule has 5 rings (SSSR count). The van der Waals surface area contributed by atoms with Crippen molar-refractivity contribution in [3.8, 4) is 16.9 Å². The van der Waals surface area contributed by atoms with Crippen molar-refractivity contribution in [2.75, 3.05) is 6.61 Å². The zero-order valence-electron chi connectivity index (χ0n) is 20.9. The third-order valence-corrected chi connectivity index (χ3v) is 6.43. The molecule has 2 heterocycles. The number of aromatic nitrogens is 2. The first-order chi connectivity index (χ1) is 18.2. The van der Waals surface area contributed by atoms with E-state index in [2.05, 4.69) is 58.6 Å². The number of hydrogen-bond acceptors (Lipinski definition) is 4. The molecule has 0 spiro atoms. The number of carbonyl (C=O) groups is 1. The second kappa shape index (κ2) is 11.6. The van der Waals surface area contributed by atoms with E-state index in [1.807, 2.05) is 49.5 Å². The minimum absolute atomic E-state index is 0.166. The van der Waals surface area contributed by atoms with Gasteiger partial charge in [0.05, 0.1) is 6.61 Å². The number of aromatic amines is 1. The second-order valence-corrected chi connectivity index (χ2v) is 9.00. The van der Waals surface area contributed by atoms with E-state index in [0.717, 1.165) is 45.3 Å². The zero-order valence-corrected chi connectivity index (χ0v) is 20.9. The van der Waals surface area contributed by atoms with Crippen LogP contribution in [0.15, 0.2) is 97.5 Å². The highest BCUT2D eigenvalue weighted by atomic mass is 16.5. The minimum atomic E-state index is -0.166. The first-order valence-electron chi connectivity index (χ1n) is 12.6. The normalized spacial score (nSPS) is 10.9. The SMILES string of the molecule is CCOC(=O)CCc1c(-c2ccccc2)c[nH]c1Cc1ccc2cc(OCc3cccnc3)ccc2c1. The van der Waals surface area contributed by atoms with Crippen LogP contribution in [0.4, 0.5) is 0 Å².